The first kappa shape index (κ1) is 14.9. The molecule has 5 nitrogen and oxygen atoms in total. The minimum absolute atomic E-state index is 0.407. The Kier molecular flexibility index (Phi) is 4.25. The highest BCUT2D eigenvalue weighted by atomic mass is 16.4. The molecule has 1 fully saturated rings. The third kappa shape index (κ3) is 3.31. The Morgan fingerprint density at radius 2 is 2.04 bits per heavy atom. The molecule has 24 heavy (non-hydrogen) atoms. The van der Waals surface area contributed by atoms with Crippen molar-refractivity contribution in [3.8, 4) is 11.7 Å². The third-order valence-electron chi connectivity index (χ3n) is 4.26. The van der Waals surface area contributed by atoms with Crippen LogP contribution in [0.2, 0.25) is 0 Å². The van der Waals surface area contributed by atoms with E-state index in [1.165, 1.54) is 12.0 Å². The summed E-state index contributed by atoms with van der Waals surface area (Å²) in [5.41, 5.74) is 1.22. The first-order chi connectivity index (χ1) is 11.9. The van der Waals surface area contributed by atoms with E-state index in [1.807, 2.05) is 18.2 Å². The molecule has 0 radical (unpaired) electrons. The number of nitrogens with zero attached hydrogens (tertiary/aromatic N) is 3. The number of benzene rings is 1. The number of likely N-dealkylation sites (tertiary alicyclic amines) is 1. The fourth-order valence-electron chi connectivity index (χ4n) is 3.04. The molecule has 1 saturated heterocycles. The number of aromatic nitrogens is 2. The molecule has 1 unspecified atom stereocenters. The predicted molar refractivity (Wildman–Crippen MR) is 90.9 cm³/mol. The van der Waals surface area contributed by atoms with Crippen LogP contribution in [0.5, 0.6) is 0 Å². The molecule has 0 bridgehead atoms. The summed E-state index contributed by atoms with van der Waals surface area (Å²) in [6, 6.07) is 14.4. The lowest BCUT2D eigenvalue weighted by Gasteiger charge is -2.19. The summed E-state index contributed by atoms with van der Waals surface area (Å²) in [4.78, 5) is 2.37. The van der Waals surface area contributed by atoms with Gasteiger partial charge in [-0.25, -0.2) is 0 Å². The van der Waals surface area contributed by atoms with Gasteiger partial charge < -0.3 is 8.83 Å². The molecule has 4 rings (SSSR count). The number of hydrogen-bond acceptors (Lipinski definition) is 5. The fourth-order valence-corrected chi connectivity index (χ4v) is 3.04. The van der Waals surface area contributed by atoms with Gasteiger partial charge >= 0.3 is 0 Å². The Labute approximate surface area is 140 Å². The van der Waals surface area contributed by atoms with Crippen LogP contribution in [0.25, 0.3) is 17.7 Å². The highest BCUT2D eigenvalue weighted by Gasteiger charge is 2.24. The van der Waals surface area contributed by atoms with E-state index in [0.717, 1.165) is 13.0 Å². The number of rotatable bonds is 5. The minimum atomic E-state index is 0.407. The standard InChI is InChI=1S/C19H19N3O2/c1-2-6-15(7-3-1)10-11-16-8-4-12-22(16)14-18-20-21-19(24-18)17-9-5-13-23-17/h1-3,5-7,9-11,13,16H,4,8,12,14H2. The maximum Gasteiger partial charge on any atom is 0.283 e. The summed E-state index contributed by atoms with van der Waals surface area (Å²) >= 11 is 0. The van der Waals surface area contributed by atoms with Crippen LogP contribution < -0.4 is 0 Å². The fraction of sp³-hybridized carbons (Fsp3) is 0.263. The topological polar surface area (TPSA) is 55.3 Å². The molecule has 1 atom stereocenters. The second kappa shape index (κ2) is 6.84. The monoisotopic (exact) mass is 321 g/mol. The van der Waals surface area contributed by atoms with E-state index in [-0.39, 0.29) is 0 Å². The Morgan fingerprint density at radius 1 is 1.12 bits per heavy atom. The van der Waals surface area contributed by atoms with Gasteiger partial charge in [-0.2, -0.15) is 0 Å². The van der Waals surface area contributed by atoms with Gasteiger partial charge in [-0.1, -0.05) is 42.5 Å². The minimum Gasteiger partial charge on any atom is -0.459 e. The first-order valence-electron chi connectivity index (χ1n) is 8.22. The summed E-state index contributed by atoms with van der Waals surface area (Å²) in [5, 5.41) is 8.21. The average molecular weight is 321 g/mol. The normalized spacial score (nSPS) is 18.6. The number of hydrogen-bond donors (Lipinski definition) is 0. The van der Waals surface area contributed by atoms with Crippen LogP contribution in [0.15, 0.2) is 63.6 Å². The molecule has 1 aliphatic heterocycles. The molecular formula is C19H19N3O2. The van der Waals surface area contributed by atoms with Gasteiger partial charge in [0.05, 0.1) is 12.8 Å². The van der Waals surface area contributed by atoms with Crippen LogP contribution in [0.4, 0.5) is 0 Å². The first-order valence-corrected chi connectivity index (χ1v) is 8.22. The van der Waals surface area contributed by atoms with Crippen LogP contribution in [0.1, 0.15) is 24.3 Å². The molecular weight excluding hydrogens is 302 g/mol. The maximum absolute atomic E-state index is 5.72. The summed E-state index contributed by atoms with van der Waals surface area (Å²) in [6.45, 7) is 1.71. The summed E-state index contributed by atoms with van der Waals surface area (Å²) in [5.74, 6) is 1.67. The van der Waals surface area contributed by atoms with Crippen molar-refractivity contribution in [2.24, 2.45) is 0 Å². The van der Waals surface area contributed by atoms with E-state index in [9.17, 15) is 0 Å². The predicted octanol–water partition coefficient (Wildman–Crippen LogP) is 4.01. The van der Waals surface area contributed by atoms with Crippen molar-refractivity contribution in [3.05, 3.63) is 66.3 Å². The molecule has 122 valence electrons. The van der Waals surface area contributed by atoms with Crippen molar-refractivity contribution in [2.45, 2.75) is 25.4 Å². The molecule has 0 amide bonds. The Morgan fingerprint density at radius 3 is 2.88 bits per heavy atom. The molecule has 3 aromatic rings. The van der Waals surface area contributed by atoms with E-state index in [0.29, 0.717) is 30.1 Å². The molecule has 0 spiro atoms. The smallest absolute Gasteiger partial charge is 0.283 e. The maximum atomic E-state index is 5.72. The van der Waals surface area contributed by atoms with Crippen molar-refractivity contribution in [3.63, 3.8) is 0 Å². The summed E-state index contributed by atoms with van der Waals surface area (Å²) in [6.07, 6.45) is 8.40. The SMILES string of the molecule is C(=CC1CCCN1Cc1nnc(-c2ccco2)o1)c1ccccc1. The van der Waals surface area contributed by atoms with Crippen LogP contribution in [-0.2, 0) is 6.54 Å². The zero-order valence-electron chi connectivity index (χ0n) is 13.3. The van der Waals surface area contributed by atoms with Gasteiger partial charge in [-0.15, -0.1) is 10.2 Å². The Bertz CT molecular complexity index is 793. The van der Waals surface area contributed by atoms with Crippen molar-refractivity contribution >= 4 is 6.08 Å². The number of furan rings is 1. The summed E-state index contributed by atoms with van der Waals surface area (Å²) < 4.78 is 11.0. The van der Waals surface area contributed by atoms with E-state index in [1.54, 1.807) is 6.26 Å². The largest absolute Gasteiger partial charge is 0.459 e. The zero-order valence-corrected chi connectivity index (χ0v) is 13.3. The van der Waals surface area contributed by atoms with Crippen molar-refractivity contribution in [1.82, 2.24) is 15.1 Å². The lowest BCUT2D eigenvalue weighted by molar-refractivity contribution is 0.252. The third-order valence-corrected chi connectivity index (χ3v) is 4.26. The van der Waals surface area contributed by atoms with Gasteiger partial charge in [-0.05, 0) is 37.1 Å². The molecule has 5 heteroatoms. The van der Waals surface area contributed by atoms with Gasteiger partial charge in [0.15, 0.2) is 5.76 Å². The van der Waals surface area contributed by atoms with Crippen molar-refractivity contribution in [2.75, 3.05) is 6.54 Å². The molecule has 0 aliphatic carbocycles. The molecule has 2 aromatic heterocycles. The van der Waals surface area contributed by atoms with Crippen LogP contribution in [0, 0.1) is 0 Å². The van der Waals surface area contributed by atoms with Gasteiger partial charge in [0, 0.05) is 6.04 Å². The van der Waals surface area contributed by atoms with E-state index >= 15 is 0 Å². The van der Waals surface area contributed by atoms with Gasteiger partial charge in [0.25, 0.3) is 5.89 Å². The van der Waals surface area contributed by atoms with Gasteiger partial charge in [0.1, 0.15) is 0 Å². The highest BCUT2D eigenvalue weighted by Crippen LogP contribution is 2.23. The highest BCUT2D eigenvalue weighted by molar-refractivity contribution is 5.49. The molecule has 3 heterocycles. The van der Waals surface area contributed by atoms with Crippen LogP contribution in [0.3, 0.4) is 0 Å². The lowest BCUT2D eigenvalue weighted by Crippen LogP contribution is -2.27. The molecule has 1 aromatic carbocycles. The second-order valence-corrected chi connectivity index (χ2v) is 5.93. The average Bonchev–Trinajstić information content (AvgIpc) is 3.36. The van der Waals surface area contributed by atoms with Crippen molar-refractivity contribution in [1.29, 1.82) is 0 Å². The van der Waals surface area contributed by atoms with E-state index in [4.69, 9.17) is 8.83 Å². The zero-order chi connectivity index (χ0) is 16.2. The second-order valence-electron chi connectivity index (χ2n) is 5.93. The Balaban J connectivity index is 1.43. The van der Waals surface area contributed by atoms with Gasteiger partial charge in [0.2, 0.25) is 5.89 Å². The molecule has 0 saturated carbocycles. The quantitative estimate of drug-likeness (QED) is 0.711. The van der Waals surface area contributed by atoms with E-state index < -0.39 is 0 Å². The van der Waals surface area contributed by atoms with Crippen molar-refractivity contribution < 1.29 is 8.83 Å². The molecule has 0 N–H and O–H groups in total. The summed E-state index contributed by atoms with van der Waals surface area (Å²) in [7, 11) is 0. The Hall–Kier alpha value is -2.66. The molecule has 1 aliphatic rings. The van der Waals surface area contributed by atoms with Gasteiger partial charge in [-0.3, -0.25) is 4.90 Å². The van der Waals surface area contributed by atoms with E-state index in [2.05, 4.69) is 51.5 Å². The lowest BCUT2D eigenvalue weighted by atomic mass is 10.1. The van der Waals surface area contributed by atoms with Crippen LogP contribution >= 0.6 is 0 Å². The van der Waals surface area contributed by atoms with Crippen LogP contribution in [-0.4, -0.2) is 27.7 Å².